The van der Waals surface area contributed by atoms with Gasteiger partial charge in [0.2, 0.25) is 0 Å². The van der Waals surface area contributed by atoms with Crippen molar-refractivity contribution in [3.63, 3.8) is 0 Å². The predicted molar refractivity (Wildman–Crippen MR) is 75.5 cm³/mol. The normalized spacial score (nSPS) is 12.5. The largest absolute Gasteiger partial charge is 0.492 e. The third-order valence-corrected chi connectivity index (χ3v) is 2.49. The molecule has 1 atom stereocenters. The molecule has 0 spiro atoms. The number of rotatable bonds is 8. The fourth-order valence-corrected chi connectivity index (χ4v) is 1.57. The molecule has 1 rings (SSSR count). The van der Waals surface area contributed by atoms with Crippen LogP contribution in [0.5, 0.6) is 5.75 Å². The summed E-state index contributed by atoms with van der Waals surface area (Å²) < 4.78 is 10.7. The molecule has 0 aliphatic rings. The SMILES string of the molecule is COCC(C)Nc1ccc(OCCN(C)C)cc1. The fraction of sp³-hybridized carbons (Fsp3) is 0.571. The van der Waals surface area contributed by atoms with Crippen molar-refractivity contribution < 1.29 is 9.47 Å². The zero-order valence-electron chi connectivity index (χ0n) is 11.8. The van der Waals surface area contributed by atoms with Crippen LogP contribution < -0.4 is 10.1 Å². The lowest BCUT2D eigenvalue weighted by atomic mass is 10.2. The smallest absolute Gasteiger partial charge is 0.119 e. The summed E-state index contributed by atoms with van der Waals surface area (Å²) in [5, 5.41) is 3.36. The van der Waals surface area contributed by atoms with E-state index in [0.29, 0.717) is 19.3 Å². The molecule has 1 aromatic carbocycles. The Labute approximate surface area is 110 Å². The number of nitrogens with one attached hydrogen (secondary N) is 1. The Bertz CT molecular complexity index is 325. The number of nitrogens with zero attached hydrogens (tertiary/aromatic N) is 1. The fourth-order valence-electron chi connectivity index (χ4n) is 1.57. The molecule has 0 radical (unpaired) electrons. The summed E-state index contributed by atoms with van der Waals surface area (Å²) in [7, 11) is 5.78. The first kappa shape index (κ1) is 14.8. The maximum absolute atomic E-state index is 5.63. The number of methoxy groups -OCH3 is 1. The number of anilines is 1. The summed E-state index contributed by atoms with van der Waals surface area (Å²) >= 11 is 0. The van der Waals surface area contributed by atoms with E-state index in [1.54, 1.807) is 7.11 Å². The Balaban J connectivity index is 2.37. The van der Waals surface area contributed by atoms with Gasteiger partial charge in [-0.3, -0.25) is 0 Å². The average Bonchev–Trinajstić information content (AvgIpc) is 2.31. The van der Waals surface area contributed by atoms with E-state index >= 15 is 0 Å². The second-order valence-corrected chi connectivity index (χ2v) is 4.68. The summed E-state index contributed by atoms with van der Waals surface area (Å²) in [6.07, 6.45) is 0. The zero-order valence-corrected chi connectivity index (χ0v) is 11.8. The number of ether oxygens (including phenoxy) is 2. The minimum absolute atomic E-state index is 0.301. The molecule has 1 unspecified atom stereocenters. The van der Waals surface area contributed by atoms with Crippen LogP contribution in [0.1, 0.15) is 6.92 Å². The highest BCUT2D eigenvalue weighted by Crippen LogP contribution is 2.16. The van der Waals surface area contributed by atoms with Gasteiger partial charge in [-0.2, -0.15) is 0 Å². The summed E-state index contributed by atoms with van der Waals surface area (Å²) in [6.45, 7) is 4.41. The molecular formula is C14H24N2O2. The van der Waals surface area contributed by atoms with Crippen LogP contribution in [0.15, 0.2) is 24.3 Å². The maximum atomic E-state index is 5.63. The molecule has 102 valence electrons. The molecule has 18 heavy (non-hydrogen) atoms. The van der Waals surface area contributed by atoms with E-state index in [9.17, 15) is 0 Å². The van der Waals surface area contributed by atoms with Crippen molar-refractivity contribution in [1.29, 1.82) is 0 Å². The quantitative estimate of drug-likeness (QED) is 0.768. The Morgan fingerprint density at radius 3 is 2.44 bits per heavy atom. The minimum atomic E-state index is 0.301. The minimum Gasteiger partial charge on any atom is -0.492 e. The molecular weight excluding hydrogens is 228 g/mol. The van der Waals surface area contributed by atoms with Gasteiger partial charge in [0.05, 0.1) is 6.61 Å². The molecule has 0 aromatic heterocycles. The lowest BCUT2D eigenvalue weighted by Crippen LogP contribution is -2.20. The van der Waals surface area contributed by atoms with Crippen LogP contribution >= 0.6 is 0 Å². The Kier molecular flexibility index (Phi) is 6.54. The van der Waals surface area contributed by atoms with Crippen LogP contribution in [-0.4, -0.2) is 51.9 Å². The van der Waals surface area contributed by atoms with E-state index in [0.717, 1.165) is 18.0 Å². The van der Waals surface area contributed by atoms with E-state index in [2.05, 4.69) is 17.1 Å². The topological polar surface area (TPSA) is 33.7 Å². The van der Waals surface area contributed by atoms with Gasteiger partial charge >= 0.3 is 0 Å². The molecule has 4 nitrogen and oxygen atoms in total. The van der Waals surface area contributed by atoms with Gasteiger partial charge in [0.15, 0.2) is 0 Å². The van der Waals surface area contributed by atoms with Crippen molar-refractivity contribution in [3.8, 4) is 5.75 Å². The molecule has 0 heterocycles. The molecule has 0 amide bonds. The zero-order chi connectivity index (χ0) is 13.4. The summed E-state index contributed by atoms with van der Waals surface area (Å²) in [5.74, 6) is 0.904. The third-order valence-electron chi connectivity index (χ3n) is 2.49. The maximum Gasteiger partial charge on any atom is 0.119 e. The van der Waals surface area contributed by atoms with Crippen molar-refractivity contribution in [3.05, 3.63) is 24.3 Å². The highest BCUT2D eigenvalue weighted by molar-refractivity contribution is 5.46. The van der Waals surface area contributed by atoms with E-state index in [1.807, 2.05) is 38.4 Å². The molecule has 0 fully saturated rings. The monoisotopic (exact) mass is 252 g/mol. The summed E-state index contributed by atoms with van der Waals surface area (Å²) in [6, 6.07) is 8.32. The van der Waals surface area contributed by atoms with Gasteiger partial charge in [-0.05, 0) is 45.3 Å². The van der Waals surface area contributed by atoms with E-state index in [4.69, 9.17) is 9.47 Å². The van der Waals surface area contributed by atoms with Crippen molar-refractivity contribution in [1.82, 2.24) is 4.90 Å². The standard InChI is InChI=1S/C14H24N2O2/c1-12(11-17-4)15-13-5-7-14(8-6-13)18-10-9-16(2)3/h5-8,12,15H,9-11H2,1-4H3. The van der Waals surface area contributed by atoms with E-state index in [1.165, 1.54) is 0 Å². The summed E-state index contributed by atoms with van der Waals surface area (Å²) in [5.41, 5.74) is 1.08. The van der Waals surface area contributed by atoms with Crippen molar-refractivity contribution in [2.45, 2.75) is 13.0 Å². The number of hydrogen-bond donors (Lipinski definition) is 1. The van der Waals surface area contributed by atoms with Gasteiger partial charge < -0.3 is 19.7 Å². The van der Waals surface area contributed by atoms with Gasteiger partial charge in [-0.25, -0.2) is 0 Å². The molecule has 0 bridgehead atoms. The third kappa shape index (κ3) is 5.89. The number of hydrogen-bond acceptors (Lipinski definition) is 4. The van der Waals surface area contributed by atoms with Gasteiger partial charge in [-0.15, -0.1) is 0 Å². The summed E-state index contributed by atoms with van der Waals surface area (Å²) in [4.78, 5) is 2.10. The first-order valence-corrected chi connectivity index (χ1v) is 6.25. The van der Waals surface area contributed by atoms with Gasteiger partial charge in [0, 0.05) is 25.4 Å². The van der Waals surface area contributed by atoms with Gasteiger partial charge in [0.1, 0.15) is 12.4 Å². The van der Waals surface area contributed by atoms with E-state index < -0.39 is 0 Å². The van der Waals surface area contributed by atoms with Gasteiger partial charge in [0.25, 0.3) is 0 Å². The molecule has 1 aromatic rings. The first-order chi connectivity index (χ1) is 8.61. The highest BCUT2D eigenvalue weighted by Gasteiger charge is 2.01. The van der Waals surface area contributed by atoms with Crippen LogP contribution in [0.3, 0.4) is 0 Å². The second kappa shape index (κ2) is 7.95. The average molecular weight is 252 g/mol. The molecule has 0 saturated heterocycles. The van der Waals surface area contributed by atoms with Crippen molar-refractivity contribution in [2.75, 3.05) is 46.3 Å². The first-order valence-electron chi connectivity index (χ1n) is 6.25. The highest BCUT2D eigenvalue weighted by atomic mass is 16.5. The Morgan fingerprint density at radius 1 is 1.22 bits per heavy atom. The van der Waals surface area contributed by atoms with Crippen molar-refractivity contribution in [2.24, 2.45) is 0 Å². The molecule has 0 saturated carbocycles. The van der Waals surface area contributed by atoms with Gasteiger partial charge in [-0.1, -0.05) is 0 Å². The lowest BCUT2D eigenvalue weighted by Gasteiger charge is -2.15. The number of likely N-dealkylation sites (N-methyl/N-ethyl adjacent to an activating group) is 1. The molecule has 1 N–H and O–H groups in total. The predicted octanol–water partition coefficient (Wildman–Crippen LogP) is 2.07. The van der Waals surface area contributed by atoms with Crippen LogP contribution in [0.25, 0.3) is 0 Å². The lowest BCUT2D eigenvalue weighted by molar-refractivity contribution is 0.190. The Hall–Kier alpha value is -1.26. The van der Waals surface area contributed by atoms with E-state index in [-0.39, 0.29) is 0 Å². The van der Waals surface area contributed by atoms with Crippen LogP contribution in [0.2, 0.25) is 0 Å². The molecule has 0 aliphatic heterocycles. The van der Waals surface area contributed by atoms with Crippen molar-refractivity contribution >= 4 is 5.69 Å². The Morgan fingerprint density at radius 2 is 1.89 bits per heavy atom. The second-order valence-electron chi connectivity index (χ2n) is 4.68. The molecule has 0 aliphatic carbocycles. The number of benzene rings is 1. The van der Waals surface area contributed by atoms with Crippen LogP contribution in [0.4, 0.5) is 5.69 Å². The molecule has 4 heteroatoms. The van der Waals surface area contributed by atoms with Crippen LogP contribution in [-0.2, 0) is 4.74 Å². The van der Waals surface area contributed by atoms with Crippen LogP contribution in [0, 0.1) is 0 Å².